The summed E-state index contributed by atoms with van der Waals surface area (Å²) in [5.74, 6) is -0.546. The summed E-state index contributed by atoms with van der Waals surface area (Å²) in [5.41, 5.74) is 0.585. The Morgan fingerprint density at radius 2 is 2.00 bits per heavy atom. The first-order valence-corrected chi connectivity index (χ1v) is 6.05. The topological polar surface area (TPSA) is 59.2 Å². The van der Waals surface area contributed by atoms with Crippen molar-refractivity contribution in [1.29, 1.82) is 0 Å². The molecule has 0 saturated carbocycles. The first-order chi connectivity index (χ1) is 9.04. The highest BCUT2D eigenvalue weighted by atomic mass is 35.5. The summed E-state index contributed by atoms with van der Waals surface area (Å²) in [5, 5.41) is 0.596. The number of benzene rings is 1. The summed E-state index contributed by atoms with van der Waals surface area (Å²) >= 11 is 12.0. The molecule has 0 atom stereocenters. The summed E-state index contributed by atoms with van der Waals surface area (Å²) in [4.78, 5) is 25.8. The summed E-state index contributed by atoms with van der Waals surface area (Å²) in [6.07, 6.45) is 1.29. The minimum Gasteiger partial charge on any atom is -0.465 e. The minimum absolute atomic E-state index is 0.230. The molecule has 0 saturated heterocycles. The maximum absolute atomic E-state index is 11.8. The molecule has 19 heavy (non-hydrogen) atoms. The summed E-state index contributed by atoms with van der Waals surface area (Å²) in [6, 6.07) is 6.36. The van der Waals surface area contributed by atoms with Crippen LogP contribution in [0.2, 0.25) is 10.0 Å². The summed E-state index contributed by atoms with van der Waals surface area (Å²) < 4.78 is 4.60. The van der Waals surface area contributed by atoms with Crippen molar-refractivity contribution in [2.75, 3.05) is 7.11 Å². The average Bonchev–Trinajstić information content (AvgIpc) is 2.42. The lowest BCUT2D eigenvalue weighted by Crippen LogP contribution is -2.12. The van der Waals surface area contributed by atoms with Crippen molar-refractivity contribution in [2.45, 2.75) is 0 Å². The molecule has 1 N–H and O–H groups in total. The number of aromatic nitrogens is 1. The van der Waals surface area contributed by atoms with E-state index in [0.717, 1.165) is 0 Å². The molecule has 0 fully saturated rings. The molecule has 2 aromatic rings. The highest BCUT2D eigenvalue weighted by Gasteiger charge is 2.14. The molecule has 0 radical (unpaired) electrons. The van der Waals surface area contributed by atoms with Crippen LogP contribution in [0.1, 0.15) is 10.4 Å². The van der Waals surface area contributed by atoms with Crippen LogP contribution >= 0.6 is 23.2 Å². The van der Waals surface area contributed by atoms with Gasteiger partial charge in [0.2, 0.25) is 0 Å². The van der Waals surface area contributed by atoms with Crippen LogP contribution in [0.3, 0.4) is 0 Å². The van der Waals surface area contributed by atoms with Crippen LogP contribution in [-0.4, -0.2) is 18.1 Å². The highest BCUT2D eigenvalue weighted by molar-refractivity contribution is 6.43. The number of carbonyl (C=O) groups is 1. The average molecular weight is 298 g/mol. The van der Waals surface area contributed by atoms with Crippen molar-refractivity contribution in [3.05, 3.63) is 56.4 Å². The zero-order valence-electron chi connectivity index (χ0n) is 9.87. The molecule has 0 aliphatic rings. The molecule has 0 aliphatic heterocycles. The van der Waals surface area contributed by atoms with Gasteiger partial charge in [-0.1, -0.05) is 35.3 Å². The van der Waals surface area contributed by atoms with Gasteiger partial charge in [-0.15, -0.1) is 0 Å². The molecule has 1 aromatic carbocycles. The lowest BCUT2D eigenvalue weighted by molar-refractivity contribution is 0.0600. The van der Waals surface area contributed by atoms with Gasteiger partial charge in [0.05, 0.1) is 22.7 Å². The van der Waals surface area contributed by atoms with Gasteiger partial charge in [0.15, 0.2) is 0 Å². The number of hydrogen-bond acceptors (Lipinski definition) is 3. The number of ether oxygens (including phenoxy) is 1. The van der Waals surface area contributed by atoms with Crippen molar-refractivity contribution in [1.82, 2.24) is 4.98 Å². The van der Waals surface area contributed by atoms with Crippen LogP contribution in [0.15, 0.2) is 35.3 Å². The van der Waals surface area contributed by atoms with Crippen LogP contribution < -0.4 is 5.56 Å². The monoisotopic (exact) mass is 297 g/mol. The Bertz CT molecular complexity index is 695. The number of methoxy groups -OCH3 is 1. The van der Waals surface area contributed by atoms with Crippen LogP contribution in [0.4, 0.5) is 0 Å². The number of aromatic amines is 1. The SMILES string of the molecule is COC(=O)c1c[nH]c(=O)c(-c2cccc(Cl)c2Cl)c1. The predicted octanol–water partition coefficient (Wildman–Crippen LogP) is 3.14. The first-order valence-electron chi connectivity index (χ1n) is 5.30. The number of H-pyrrole nitrogens is 1. The second kappa shape index (κ2) is 5.47. The van der Waals surface area contributed by atoms with Crippen LogP contribution in [0.5, 0.6) is 0 Å². The van der Waals surface area contributed by atoms with E-state index in [-0.39, 0.29) is 21.7 Å². The lowest BCUT2D eigenvalue weighted by Gasteiger charge is -2.06. The number of nitrogens with one attached hydrogen (secondary N) is 1. The zero-order valence-corrected chi connectivity index (χ0v) is 11.4. The number of pyridine rings is 1. The van der Waals surface area contributed by atoms with Crippen molar-refractivity contribution < 1.29 is 9.53 Å². The Kier molecular flexibility index (Phi) is 3.93. The Morgan fingerprint density at radius 1 is 1.26 bits per heavy atom. The van der Waals surface area contributed by atoms with Gasteiger partial charge in [0.25, 0.3) is 5.56 Å². The van der Waals surface area contributed by atoms with E-state index in [1.165, 1.54) is 19.4 Å². The van der Waals surface area contributed by atoms with Crippen LogP contribution in [-0.2, 0) is 4.74 Å². The molecule has 0 unspecified atom stereocenters. The summed E-state index contributed by atoms with van der Waals surface area (Å²) in [6.45, 7) is 0. The van der Waals surface area contributed by atoms with E-state index in [2.05, 4.69) is 9.72 Å². The van der Waals surface area contributed by atoms with Gasteiger partial charge in [0, 0.05) is 17.3 Å². The molecular formula is C13H9Cl2NO3. The molecular weight excluding hydrogens is 289 g/mol. The van der Waals surface area contributed by atoms with Gasteiger partial charge >= 0.3 is 5.97 Å². The van der Waals surface area contributed by atoms with E-state index in [1.54, 1.807) is 18.2 Å². The van der Waals surface area contributed by atoms with Gasteiger partial charge in [0.1, 0.15) is 0 Å². The summed E-state index contributed by atoms with van der Waals surface area (Å²) in [7, 11) is 1.26. The molecule has 98 valence electrons. The Hall–Kier alpha value is -1.78. The molecule has 0 amide bonds. The molecule has 0 aliphatic carbocycles. The first kappa shape index (κ1) is 13.6. The van der Waals surface area contributed by atoms with Crippen molar-refractivity contribution in [3.8, 4) is 11.1 Å². The van der Waals surface area contributed by atoms with Crippen molar-refractivity contribution in [2.24, 2.45) is 0 Å². The number of carbonyl (C=O) groups excluding carboxylic acids is 1. The van der Waals surface area contributed by atoms with Crippen LogP contribution in [0, 0.1) is 0 Å². The lowest BCUT2D eigenvalue weighted by atomic mass is 10.1. The van der Waals surface area contributed by atoms with Crippen molar-refractivity contribution >= 4 is 29.2 Å². The molecule has 0 spiro atoms. The quantitative estimate of drug-likeness (QED) is 0.866. The smallest absolute Gasteiger partial charge is 0.339 e. The standard InChI is InChI=1S/C13H9Cl2NO3/c1-19-13(18)7-5-9(12(17)16-6-7)8-3-2-4-10(14)11(8)15/h2-6H,1H3,(H,16,17). The zero-order chi connectivity index (χ0) is 14.0. The second-order valence-electron chi connectivity index (χ2n) is 3.72. The maximum atomic E-state index is 11.8. The molecule has 6 heteroatoms. The van der Waals surface area contributed by atoms with Gasteiger partial charge in [-0.25, -0.2) is 4.79 Å². The van der Waals surface area contributed by atoms with Gasteiger partial charge in [-0.3, -0.25) is 4.79 Å². The molecule has 1 aromatic heterocycles. The number of halogens is 2. The number of hydrogen-bond donors (Lipinski definition) is 1. The number of esters is 1. The fourth-order valence-corrected chi connectivity index (χ4v) is 2.03. The van der Waals surface area contributed by atoms with E-state index in [0.29, 0.717) is 10.6 Å². The molecule has 2 rings (SSSR count). The highest BCUT2D eigenvalue weighted by Crippen LogP contribution is 2.31. The van der Waals surface area contributed by atoms with Gasteiger partial charge < -0.3 is 9.72 Å². The second-order valence-corrected chi connectivity index (χ2v) is 4.51. The molecule has 0 bridgehead atoms. The normalized spacial score (nSPS) is 10.3. The third kappa shape index (κ3) is 2.64. The Labute approximate surface area is 118 Å². The Balaban J connectivity index is 2.65. The van der Waals surface area contributed by atoms with Gasteiger partial charge in [-0.2, -0.15) is 0 Å². The van der Waals surface area contributed by atoms with Crippen molar-refractivity contribution in [3.63, 3.8) is 0 Å². The third-order valence-corrected chi connectivity index (χ3v) is 3.38. The maximum Gasteiger partial charge on any atom is 0.339 e. The third-order valence-electron chi connectivity index (χ3n) is 2.57. The van der Waals surface area contributed by atoms with E-state index < -0.39 is 5.97 Å². The van der Waals surface area contributed by atoms with E-state index in [4.69, 9.17) is 23.2 Å². The number of rotatable bonds is 2. The fraction of sp³-hybridized carbons (Fsp3) is 0.0769. The van der Waals surface area contributed by atoms with E-state index in [9.17, 15) is 9.59 Å². The van der Waals surface area contributed by atoms with E-state index >= 15 is 0 Å². The predicted molar refractivity (Wildman–Crippen MR) is 73.9 cm³/mol. The molecule has 1 heterocycles. The van der Waals surface area contributed by atoms with Crippen LogP contribution in [0.25, 0.3) is 11.1 Å². The molecule has 4 nitrogen and oxygen atoms in total. The largest absolute Gasteiger partial charge is 0.465 e. The minimum atomic E-state index is -0.546. The fourth-order valence-electron chi connectivity index (χ4n) is 1.63. The Morgan fingerprint density at radius 3 is 2.68 bits per heavy atom. The van der Waals surface area contributed by atoms with E-state index in [1.807, 2.05) is 0 Å². The van der Waals surface area contributed by atoms with Gasteiger partial charge in [-0.05, 0) is 12.1 Å².